The van der Waals surface area contributed by atoms with Gasteiger partial charge in [-0.15, -0.1) is 0 Å². The number of nitrogens with zero attached hydrogens (tertiary/aromatic N) is 4. The van der Waals surface area contributed by atoms with Gasteiger partial charge in [0.15, 0.2) is 0 Å². The van der Waals surface area contributed by atoms with Crippen molar-refractivity contribution in [3.63, 3.8) is 0 Å². The Morgan fingerprint density at radius 1 is 0.758 bits per heavy atom. The van der Waals surface area contributed by atoms with Crippen LogP contribution in [-0.4, -0.2) is 26.5 Å². The van der Waals surface area contributed by atoms with Gasteiger partial charge in [-0.1, -0.05) is 54.6 Å². The van der Waals surface area contributed by atoms with Gasteiger partial charge < -0.3 is 25.7 Å². The average molecular weight is 466 g/mol. The molecule has 9 nitrogen and oxygen atoms in total. The molecule has 1 heterocycles. The minimum Gasteiger partial charge on any atom is -0.458 e. The molecule has 0 unspecified atom stereocenters. The van der Waals surface area contributed by atoms with E-state index in [9.17, 15) is 20.2 Å². The summed E-state index contributed by atoms with van der Waals surface area (Å²) in [5.41, 5.74) is 0. The van der Waals surface area contributed by atoms with Crippen LogP contribution in [0, 0.1) is 20.2 Å². The number of imidazole rings is 1. The summed E-state index contributed by atoms with van der Waals surface area (Å²) in [7, 11) is -1.53. The molecule has 1 aromatic heterocycles. The average Bonchev–Trinajstić information content (AvgIpc) is 3.34. The van der Waals surface area contributed by atoms with Gasteiger partial charge in [0.2, 0.25) is 0 Å². The third-order valence-electron chi connectivity index (χ3n) is 4.93. The maximum Gasteiger partial charge on any atom is 0.283 e. The maximum absolute atomic E-state index is 9.92. The maximum atomic E-state index is 9.92. The molecule has 0 spiro atoms. The number of benzene rings is 3. The Balaban J connectivity index is 0.000000274. The molecule has 2 N–H and O–H groups in total. The molecular formula is C23H23N4O5P. The van der Waals surface area contributed by atoms with E-state index in [-0.39, 0.29) is 5.48 Å². The fourth-order valence-corrected chi connectivity index (χ4v) is 7.53. The third-order valence-corrected chi connectivity index (χ3v) is 9.41. The van der Waals surface area contributed by atoms with Gasteiger partial charge in [0.05, 0.1) is 6.16 Å². The Kier molecular flexibility index (Phi) is 8.91. The summed E-state index contributed by atoms with van der Waals surface area (Å²) in [6.07, 6.45) is 1.88. The second-order valence-corrected chi connectivity index (χ2v) is 10.5. The molecule has 0 bridgehead atoms. The van der Waals surface area contributed by atoms with Crippen LogP contribution in [0.25, 0.3) is 0 Å². The highest BCUT2D eigenvalue weighted by Crippen LogP contribution is 2.54. The van der Waals surface area contributed by atoms with Crippen LogP contribution in [0.5, 0.6) is 0 Å². The predicted molar refractivity (Wildman–Crippen MR) is 130 cm³/mol. The van der Waals surface area contributed by atoms with Crippen LogP contribution in [0.15, 0.2) is 97.2 Å². The van der Waals surface area contributed by atoms with Crippen LogP contribution >= 0.6 is 7.26 Å². The lowest BCUT2D eigenvalue weighted by atomic mass is 10.4. The first-order valence-corrected chi connectivity index (χ1v) is 11.8. The van der Waals surface area contributed by atoms with Crippen molar-refractivity contribution in [2.75, 3.05) is 6.16 Å². The second kappa shape index (κ2) is 11.6. The van der Waals surface area contributed by atoms with Gasteiger partial charge in [-0.2, -0.15) is 9.91 Å². The number of nitro groups is 2. The topological polar surface area (TPSA) is 145 Å². The molecule has 0 saturated heterocycles. The molecule has 0 radical (unpaired) electrons. The number of hydrogen-bond donors (Lipinski definition) is 0. The lowest BCUT2D eigenvalue weighted by Gasteiger charge is -2.26. The fourth-order valence-electron chi connectivity index (χ4n) is 3.49. The van der Waals surface area contributed by atoms with Crippen molar-refractivity contribution in [1.29, 1.82) is 0 Å². The second-order valence-electron chi connectivity index (χ2n) is 6.68. The number of hydrogen-bond acceptors (Lipinski definition) is 5. The molecule has 170 valence electrons. The van der Waals surface area contributed by atoms with Crippen LogP contribution in [0.2, 0.25) is 0 Å². The van der Waals surface area contributed by atoms with E-state index in [1.54, 1.807) is 0 Å². The van der Waals surface area contributed by atoms with E-state index in [4.69, 9.17) is 0 Å². The van der Waals surface area contributed by atoms with E-state index in [1.165, 1.54) is 15.9 Å². The van der Waals surface area contributed by atoms with Crippen molar-refractivity contribution >= 4 is 34.9 Å². The van der Waals surface area contributed by atoms with Crippen LogP contribution < -0.4 is 20.9 Å². The molecule has 0 atom stereocenters. The smallest absolute Gasteiger partial charge is 0.283 e. The summed E-state index contributed by atoms with van der Waals surface area (Å²) >= 11 is 0. The van der Waals surface area contributed by atoms with Crippen LogP contribution in [0.4, 0.5) is 11.8 Å². The molecule has 3 aromatic carbocycles. The Labute approximate surface area is 191 Å². The summed E-state index contributed by atoms with van der Waals surface area (Å²) in [5, 5.41) is 24.2. The molecular weight excluding hydrogens is 443 g/mol. The molecule has 0 amide bonds. The standard InChI is InChI=1S/C20H20P.C3HN4O4.H2O/c1-2-21(18-12-6-3-7-13-18,19-14-8-4-9-15-19)20-16-10-5-11-17-20;8-6(9)2-1-4-3(5-2)7(10)11;/h3-17H,2H2,1H3;1H;1H2/q+1;-1;. The van der Waals surface area contributed by atoms with E-state index in [0.29, 0.717) is 0 Å². The van der Waals surface area contributed by atoms with E-state index in [1.807, 2.05) is 0 Å². The highest BCUT2D eigenvalue weighted by atomic mass is 31.2. The molecule has 0 saturated carbocycles. The fraction of sp³-hybridized carbons (Fsp3) is 0.0870. The van der Waals surface area contributed by atoms with Gasteiger partial charge >= 0.3 is 0 Å². The molecule has 0 aliphatic heterocycles. The Morgan fingerprint density at radius 2 is 1.15 bits per heavy atom. The van der Waals surface area contributed by atoms with E-state index in [0.717, 1.165) is 12.4 Å². The summed E-state index contributed by atoms with van der Waals surface area (Å²) in [6, 6.07) is 33.0. The Bertz CT molecular complexity index is 1050. The van der Waals surface area contributed by atoms with Gasteiger partial charge in [0, 0.05) is 0 Å². The van der Waals surface area contributed by atoms with Crippen LogP contribution in [-0.2, 0) is 0 Å². The molecule has 0 aliphatic rings. The van der Waals surface area contributed by atoms with Crippen molar-refractivity contribution in [2.45, 2.75) is 6.92 Å². The molecule has 33 heavy (non-hydrogen) atoms. The van der Waals surface area contributed by atoms with Crippen molar-refractivity contribution in [1.82, 2.24) is 9.97 Å². The SMILES string of the molecule is CC[P+](c1ccccc1)(c1ccccc1)c1ccccc1.O.O=[N+]([O-])c1c[n-]c([N+](=O)[O-])n1. The highest BCUT2D eigenvalue weighted by molar-refractivity contribution is 7.95. The first kappa shape index (κ1) is 25.3. The Hall–Kier alpha value is -3.94. The largest absolute Gasteiger partial charge is 0.458 e. The zero-order valence-electron chi connectivity index (χ0n) is 17.8. The predicted octanol–water partition coefficient (Wildman–Crippen LogP) is 3.03. The molecule has 0 aliphatic carbocycles. The summed E-state index contributed by atoms with van der Waals surface area (Å²) in [6.45, 7) is 2.32. The summed E-state index contributed by atoms with van der Waals surface area (Å²) < 4.78 is 0. The first-order valence-electron chi connectivity index (χ1n) is 9.82. The molecule has 4 rings (SSSR count). The van der Waals surface area contributed by atoms with Gasteiger partial charge in [-0.3, -0.25) is 0 Å². The molecule has 10 heteroatoms. The third kappa shape index (κ3) is 5.65. The number of rotatable bonds is 6. The van der Waals surface area contributed by atoms with Crippen molar-refractivity contribution in [3.05, 3.63) is 117 Å². The van der Waals surface area contributed by atoms with Gasteiger partial charge in [0.1, 0.15) is 29.4 Å². The lowest BCUT2D eigenvalue weighted by molar-refractivity contribution is -0.402. The van der Waals surface area contributed by atoms with Gasteiger partial charge in [-0.05, 0) is 48.2 Å². The zero-order chi connectivity index (χ0) is 23.0. The van der Waals surface area contributed by atoms with E-state index < -0.39 is 28.9 Å². The first-order chi connectivity index (χ1) is 15.5. The van der Waals surface area contributed by atoms with Crippen molar-refractivity contribution in [2.24, 2.45) is 0 Å². The van der Waals surface area contributed by atoms with Gasteiger partial charge in [-0.25, -0.2) is 4.98 Å². The monoisotopic (exact) mass is 466 g/mol. The van der Waals surface area contributed by atoms with Crippen molar-refractivity contribution in [3.8, 4) is 0 Å². The lowest BCUT2D eigenvalue weighted by Crippen LogP contribution is -2.32. The number of aromatic nitrogens is 2. The van der Waals surface area contributed by atoms with E-state index >= 15 is 0 Å². The molecule has 4 aromatic rings. The summed E-state index contributed by atoms with van der Waals surface area (Å²) in [4.78, 5) is 24.2. The summed E-state index contributed by atoms with van der Waals surface area (Å²) in [5.74, 6) is -1.37. The van der Waals surface area contributed by atoms with Crippen molar-refractivity contribution < 1.29 is 15.3 Å². The molecule has 0 fully saturated rings. The minimum atomic E-state index is -1.53. The van der Waals surface area contributed by atoms with E-state index in [2.05, 4.69) is 108 Å². The minimum absolute atomic E-state index is 0. The zero-order valence-corrected chi connectivity index (χ0v) is 18.7. The van der Waals surface area contributed by atoms with Gasteiger partial charge in [0.25, 0.3) is 11.8 Å². The quantitative estimate of drug-likeness (QED) is 0.243. The highest BCUT2D eigenvalue weighted by Gasteiger charge is 2.43. The van der Waals surface area contributed by atoms with Crippen LogP contribution in [0.1, 0.15) is 6.92 Å². The Morgan fingerprint density at radius 3 is 1.39 bits per heavy atom. The van der Waals surface area contributed by atoms with Crippen LogP contribution in [0.3, 0.4) is 0 Å². The normalized spacial score (nSPS) is 10.3.